The van der Waals surface area contributed by atoms with E-state index in [2.05, 4.69) is 15.6 Å². The van der Waals surface area contributed by atoms with E-state index in [0.717, 1.165) is 16.7 Å². The van der Waals surface area contributed by atoms with Gasteiger partial charge in [-0.3, -0.25) is 9.59 Å². The number of halogens is 1. The van der Waals surface area contributed by atoms with Gasteiger partial charge in [0, 0.05) is 33.8 Å². The molecule has 0 spiro atoms. The van der Waals surface area contributed by atoms with Gasteiger partial charge in [-0.1, -0.05) is 24.3 Å². The van der Waals surface area contributed by atoms with Crippen LogP contribution in [0.25, 0.3) is 33.5 Å². The summed E-state index contributed by atoms with van der Waals surface area (Å²) in [6.45, 7) is 5.11. The molecule has 3 aromatic heterocycles. The molecule has 0 saturated heterocycles. The number of hydrogen-bond donors (Lipinski definition) is 3. The zero-order chi connectivity index (χ0) is 32.5. The molecule has 13 heteroatoms. The third kappa shape index (κ3) is 4.58. The molecule has 0 fully saturated rings. The number of nitrogens with zero attached hydrogens (tertiary/aromatic N) is 5. The minimum Gasteiger partial charge on any atom is -0.458 e. The lowest BCUT2D eigenvalue weighted by atomic mass is 9.86. The van der Waals surface area contributed by atoms with Crippen molar-refractivity contribution in [2.45, 2.75) is 58.5 Å². The van der Waals surface area contributed by atoms with Crippen LogP contribution in [0, 0.1) is 12.7 Å². The molecule has 2 atom stereocenters. The molecular formula is C33H30FN7O5. The van der Waals surface area contributed by atoms with Gasteiger partial charge in [0.05, 0.1) is 47.8 Å². The van der Waals surface area contributed by atoms with E-state index >= 15 is 0 Å². The number of aryl methyl sites for hydroxylation is 1. The first kappa shape index (κ1) is 29.4. The highest BCUT2D eigenvalue weighted by atomic mass is 19.1. The number of ether oxygens (including phenoxy) is 1. The van der Waals surface area contributed by atoms with Gasteiger partial charge in [0.25, 0.3) is 5.56 Å². The summed E-state index contributed by atoms with van der Waals surface area (Å²) in [7, 11) is 0. The Hall–Kier alpha value is -5.27. The molecule has 2 aliphatic rings. The number of benzene rings is 2. The molecule has 0 unspecified atom stereocenters. The highest BCUT2D eigenvalue weighted by Crippen LogP contribution is 2.40. The lowest BCUT2D eigenvalue weighted by Crippen LogP contribution is -2.44. The molecule has 0 aliphatic carbocycles. The number of nitrogens with two attached hydrogens (primary N) is 1. The first-order chi connectivity index (χ1) is 22.0. The van der Waals surface area contributed by atoms with Crippen molar-refractivity contribution in [3.05, 3.63) is 92.6 Å². The van der Waals surface area contributed by atoms with Gasteiger partial charge >= 0.3 is 5.97 Å². The van der Waals surface area contributed by atoms with Crippen LogP contribution in [0.3, 0.4) is 0 Å². The van der Waals surface area contributed by atoms with E-state index in [1.54, 1.807) is 60.5 Å². The van der Waals surface area contributed by atoms with Gasteiger partial charge in [0.2, 0.25) is 5.91 Å². The number of esters is 1. The Labute approximate surface area is 261 Å². The Morgan fingerprint density at radius 3 is 2.67 bits per heavy atom. The quantitative estimate of drug-likeness (QED) is 0.236. The maximum Gasteiger partial charge on any atom is 0.343 e. The van der Waals surface area contributed by atoms with Crippen molar-refractivity contribution in [3.63, 3.8) is 0 Å². The summed E-state index contributed by atoms with van der Waals surface area (Å²) < 4.78 is 23.2. The summed E-state index contributed by atoms with van der Waals surface area (Å²) in [6.07, 6.45) is 1.80. The topological polar surface area (TPSA) is 167 Å². The fraction of sp³-hybridized carbons (Fsp3) is 0.273. The fourth-order valence-corrected chi connectivity index (χ4v) is 6.12. The Morgan fingerprint density at radius 2 is 1.96 bits per heavy atom. The maximum atomic E-state index is 14.8. The van der Waals surface area contributed by atoms with Crippen LogP contribution in [0.15, 0.2) is 53.5 Å². The van der Waals surface area contributed by atoms with E-state index < -0.39 is 23.4 Å². The fourth-order valence-electron chi connectivity index (χ4n) is 6.12. The van der Waals surface area contributed by atoms with Gasteiger partial charge in [-0.15, -0.1) is 5.10 Å². The van der Waals surface area contributed by atoms with E-state index in [1.807, 2.05) is 12.1 Å². The summed E-state index contributed by atoms with van der Waals surface area (Å²) in [5.41, 5.74) is 8.96. The first-order valence-electron chi connectivity index (χ1n) is 14.8. The number of carbonyl (C=O) groups excluding carboxylic acids is 2. The first-order valence-corrected chi connectivity index (χ1v) is 14.8. The largest absolute Gasteiger partial charge is 0.458 e. The number of hydrogen-bond acceptors (Lipinski definition) is 9. The Kier molecular flexibility index (Phi) is 6.83. The highest BCUT2D eigenvalue weighted by Gasteiger charge is 2.45. The van der Waals surface area contributed by atoms with Gasteiger partial charge in [0.1, 0.15) is 18.1 Å². The molecule has 234 valence electrons. The average molecular weight is 624 g/mol. The Balaban J connectivity index is 1.31. The molecule has 5 heterocycles. The lowest BCUT2D eigenvalue weighted by Gasteiger charge is -2.31. The van der Waals surface area contributed by atoms with E-state index in [0.29, 0.717) is 39.2 Å². The molecule has 1 amide bonds. The van der Waals surface area contributed by atoms with Gasteiger partial charge in [-0.25, -0.2) is 18.9 Å². The second kappa shape index (κ2) is 10.7. The smallest absolute Gasteiger partial charge is 0.343 e. The van der Waals surface area contributed by atoms with Crippen LogP contribution in [-0.2, 0) is 39.6 Å². The second-order valence-electron chi connectivity index (χ2n) is 11.8. The number of nitrogens with one attached hydrogen (secondary N) is 1. The molecule has 7 rings (SSSR count). The number of pyridine rings is 2. The molecule has 0 saturated carbocycles. The Bertz CT molecular complexity index is 2160. The van der Waals surface area contributed by atoms with Gasteiger partial charge in [-0.2, -0.15) is 0 Å². The Morgan fingerprint density at radius 1 is 1.20 bits per heavy atom. The summed E-state index contributed by atoms with van der Waals surface area (Å²) in [6, 6.07) is 11.2. The molecule has 5 aromatic rings. The van der Waals surface area contributed by atoms with Gasteiger partial charge in [0.15, 0.2) is 5.60 Å². The summed E-state index contributed by atoms with van der Waals surface area (Å²) >= 11 is 0. The molecular weight excluding hydrogens is 593 g/mol. The number of anilines is 1. The summed E-state index contributed by atoms with van der Waals surface area (Å²) in [5.74, 6) is -1.52. The minimum atomic E-state index is -1.96. The SMILES string of the molecule is CC[C@@]1(O)C(=O)OCc2c1cc1n(c2=O)Cc2c-1nc1cc(F)c(C)cc1c2Cn1cc(-c2ccc(NC(=O)[C@H](C)N)cc2)nn1. The summed E-state index contributed by atoms with van der Waals surface area (Å²) in [4.78, 5) is 43.1. The molecule has 4 N–H and O–H groups in total. The lowest BCUT2D eigenvalue weighted by molar-refractivity contribution is -0.172. The normalized spacial score (nSPS) is 17.3. The van der Waals surface area contributed by atoms with Gasteiger partial charge in [-0.05, 0) is 55.7 Å². The van der Waals surface area contributed by atoms with Crippen molar-refractivity contribution < 1.29 is 23.8 Å². The van der Waals surface area contributed by atoms with E-state index in [1.165, 1.54) is 6.07 Å². The zero-order valence-corrected chi connectivity index (χ0v) is 25.3. The van der Waals surface area contributed by atoms with Crippen LogP contribution in [-0.4, -0.2) is 47.6 Å². The maximum absolute atomic E-state index is 14.8. The predicted octanol–water partition coefficient (Wildman–Crippen LogP) is 3.12. The number of carbonyl (C=O) groups is 2. The number of aromatic nitrogens is 5. The highest BCUT2D eigenvalue weighted by molar-refractivity contribution is 5.94. The van der Waals surface area contributed by atoms with E-state index in [9.17, 15) is 23.9 Å². The zero-order valence-electron chi connectivity index (χ0n) is 25.3. The number of fused-ring (bicyclic) bond motifs is 5. The molecule has 12 nitrogen and oxygen atoms in total. The van der Waals surface area contributed by atoms with Gasteiger partial charge < -0.3 is 25.5 Å². The third-order valence-electron chi connectivity index (χ3n) is 8.81. The monoisotopic (exact) mass is 623 g/mol. The minimum absolute atomic E-state index is 0.0222. The molecule has 0 radical (unpaired) electrons. The van der Waals surface area contributed by atoms with Crippen LogP contribution < -0.4 is 16.6 Å². The predicted molar refractivity (Wildman–Crippen MR) is 166 cm³/mol. The molecule has 2 aliphatic heterocycles. The number of rotatable bonds is 6. The third-order valence-corrected chi connectivity index (χ3v) is 8.81. The van der Waals surface area contributed by atoms with Crippen LogP contribution in [0.1, 0.15) is 48.1 Å². The number of aliphatic hydroxyl groups is 1. The van der Waals surface area contributed by atoms with E-state index in [4.69, 9.17) is 15.5 Å². The van der Waals surface area contributed by atoms with Crippen molar-refractivity contribution in [3.8, 4) is 22.6 Å². The van der Waals surface area contributed by atoms with E-state index in [-0.39, 0.29) is 48.7 Å². The molecule has 46 heavy (non-hydrogen) atoms. The number of cyclic esters (lactones) is 1. The average Bonchev–Trinajstić information content (AvgIpc) is 3.65. The number of amides is 1. The van der Waals surface area contributed by atoms with Crippen LogP contribution in [0.2, 0.25) is 0 Å². The summed E-state index contributed by atoms with van der Waals surface area (Å²) in [5, 5.41) is 23.4. The standard InChI is InChI=1S/C33H30FN7O5/c1-4-33(45)24-10-28-29-22(13-41(28)31(43)23(24)15-46-32(33)44)21(20-9-16(2)25(34)11-26(20)37-29)12-40-14-27(38-39-40)18-5-7-19(8-6-18)36-30(42)17(3)35/h5-11,14,17,45H,4,12-13,15,35H2,1-3H3,(H,36,42)/t17-,33-/m0/s1. The van der Waals surface area contributed by atoms with Crippen molar-refractivity contribution in [2.75, 3.05) is 5.32 Å². The van der Waals surface area contributed by atoms with Crippen LogP contribution >= 0.6 is 0 Å². The second-order valence-corrected chi connectivity index (χ2v) is 11.8. The molecule has 0 bridgehead atoms. The van der Waals surface area contributed by atoms with Crippen molar-refractivity contribution >= 4 is 28.5 Å². The van der Waals surface area contributed by atoms with Crippen LogP contribution in [0.4, 0.5) is 10.1 Å². The molecule has 2 aromatic carbocycles. The van der Waals surface area contributed by atoms with Crippen molar-refractivity contribution in [1.82, 2.24) is 24.5 Å². The van der Waals surface area contributed by atoms with Crippen molar-refractivity contribution in [1.29, 1.82) is 0 Å². The van der Waals surface area contributed by atoms with Crippen molar-refractivity contribution in [2.24, 2.45) is 5.73 Å². The van der Waals surface area contributed by atoms with Crippen LogP contribution in [0.5, 0.6) is 0 Å².